The highest BCUT2D eigenvalue weighted by Gasteiger charge is 2.53. The van der Waals surface area contributed by atoms with Gasteiger partial charge in [0.05, 0.1) is 0 Å². The average molecular weight is 377 g/mol. The normalized spacial score (nSPS) is 33.3. The molecule has 146 valence electrons. The lowest BCUT2D eigenvalue weighted by Gasteiger charge is -2.40. The standard InChI is InChI=1S/C23H28N4O/c1-15-5-4-6-20(25-15)22(28)26-19-10-16-9-17-13-23(12-16,14-18(17)11-19)27-21-7-2-3-8-24-21/h2-8,16-19H,9-14H2,1H3,(H,24,27)(H,26,28). The van der Waals surface area contributed by atoms with Crippen LogP contribution in [0.25, 0.3) is 0 Å². The zero-order valence-corrected chi connectivity index (χ0v) is 16.4. The smallest absolute Gasteiger partial charge is 0.270 e. The van der Waals surface area contributed by atoms with Crippen molar-refractivity contribution in [1.82, 2.24) is 15.3 Å². The van der Waals surface area contributed by atoms with E-state index in [0.29, 0.717) is 17.5 Å². The maximum Gasteiger partial charge on any atom is 0.270 e. The SMILES string of the molecule is Cc1cccc(C(=O)NC2CC3CC4CC(Nc5ccccn5)(C3)CC4C2)n1. The average Bonchev–Trinajstić information content (AvgIpc) is 2.84. The first kappa shape index (κ1) is 17.7. The Kier molecular flexibility index (Phi) is 4.33. The molecule has 3 bridgehead atoms. The van der Waals surface area contributed by atoms with Gasteiger partial charge in [0.15, 0.2) is 0 Å². The Morgan fingerprint density at radius 3 is 2.68 bits per heavy atom. The summed E-state index contributed by atoms with van der Waals surface area (Å²) < 4.78 is 0. The molecular weight excluding hydrogens is 348 g/mol. The third-order valence-corrected chi connectivity index (χ3v) is 7.01. The second kappa shape index (κ2) is 6.87. The van der Waals surface area contributed by atoms with E-state index in [9.17, 15) is 4.79 Å². The Labute approximate surface area is 166 Å². The summed E-state index contributed by atoms with van der Waals surface area (Å²) >= 11 is 0. The van der Waals surface area contributed by atoms with E-state index in [4.69, 9.17) is 0 Å². The molecule has 0 radical (unpaired) electrons. The summed E-state index contributed by atoms with van der Waals surface area (Å²) in [6, 6.07) is 12.0. The van der Waals surface area contributed by atoms with E-state index in [1.165, 1.54) is 25.7 Å². The van der Waals surface area contributed by atoms with Gasteiger partial charge in [-0.1, -0.05) is 12.1 Å². The van der Waals surface area contributed by atoms with Crippen molar-refractivity contribution in [2.24, 2.45) is 17.8 Å². The van der Waals surface area contributed by atoms with Gasteiger partial charge >= 0.3 is 0 Å². The monoisotopic (exact) mass is 376 g/mol. The van der Waals surface area contributed by atoms with Crippen molar-refractivity contribution in [1.29, 1.82) is 0 Å². The third-order valence-electron chi connectivity index (χ3n) is 7.01. The molecule has 2 aromatic heterocycles. The van der Waals surface area contributed by atoms with Gasteiger partial charge in [0.2, 0.25) is 0 Å². The molecule has 3 fully saturated rings. The molecule has 28 heavy (non-hydrogen) atoms. The molecule has 5 rings (SSSR count). The number of aromatic nitrogens is 2. The van der Waals surface area contributed by atoms with Crippen LogP contribution in [0.1, 0.15) is 54.7 Å². The van der Waals surface area contributed by atoms with E-state index >= 15 is 0 Å². The number of carbonyl (C=O) groups excluding carboxylic acids is 1. The summed E-state index contributed by atoms with van der Waals surface area (Å²) in [5.41, 5.74) is 1.61. The highest BCUT2D eigenvalue weighted by Crippen LogP contribution is 2.56. The summed E-state index contributed by atoms with van der Waals surface area (Å²) in [4.78, 5) is 21.6. The maximum atomic E-state index is 12.7. The number of hydrogen-bond donors (Lipinski definition) is 2. The van der Waals surface area contributed by atoms with E-state index in [1.807, 2.05) is 43.5 Å². The van der Waals surface area contributed by atoms with Crippen LogP contribution in [-0.2, 0) is 0 Å². The first-order chi connectivity index (χ1) is 13.6. The fourth-order valence-corrected chi connectivity index (χ4v) is 6.15. The van der Waals surface area contributed by atoms with Crippen molar-refractivity contribution >= 4 is 11.7 Å². The van der Waals surface area contributed by atoms with Gasteiger partial charge in [-0.15, -0.1) is 0 Å². The Morgan fingerprint density at radius 1 is 1.04 bits per heavy atom. The summed E-state index contributed by atoms with van der Waals surface area (Å²) in [6.07, 6.45) is 8.96. The Hall–Kier alpha value is -2.43. The van der Waals surface area contributed by atoms with Crippen LogP contribution >= 0.6 is 0 Å². The fraction of sp³-hybridized carbons (Fsp3) is 0.522. The number of anilines is 1. The van der Waals surface area contributed by atoms with Gasteiger partial charge in [-0.25, -0.2) is 9.97 Å². The largest absolute Gasteiger partial charge is 0.365 e. The van der Waals surface area contributed by atoms with Crippen molar-refractivity contribution < 1.29 is 4.79 Å². The number of nitrogens with zero attached hydrogens (tertiary/aromatic N) is 2. The number of rotatable bonds is 4. The molecule has 5 heteroatoms. The first-order valence-corrected chi connectivity index (χ1v) is 10.5. The van der Waals surface area contributed by atoms with Gasteiger partial charge in [-0.2, -0.15) is 0 Å². The number of hydrogen-bond acceptors (Lipinski definition) is 4. The van der Waals surface area contributed by atoms with Gasteiger partial charge < -0.3 is 10.6 Å². The summed E-state index contributed by atoms with van der Waals surface area (Å²) in [5.74, 6) is 3.09. The molecule has 1 amide bonds. The van der Waals surface area contributed by atoms with Crippen LogP contribution in [0.15, 0.2) is 42.6 Å². The van der Waals surface area contributed by atoms with Crippen LogP contribution in [0.4, 0.5) is 5.82 Å². The van der Waals surface area contributed by atoms with Crippen LogP contribution in [0.5, 0.6) is 0 Å². The van der Waals surface area contributed by atoms with Crippen molar-refractivity contribution in [2.75, 3.05) is 5.32 Å². The zero-order chi connectivity index (χ0) is 19.1. The first-order valence-electron chi connectivity index (χ1n) is 10.5. The summed E-state index contributed by atoms with van der Waals surface area (Å²) in [6.45, 7) is 1.92. The molecule has 3 saturated carbocycles. The topological polar surface area (TPSA) is 66.9 Å². The third kappa shape index (κ3) is 3.38. The minimum atomic E-state index is -0.0256. The minimum absolute atomic E-state index is 0.0256. The van der Waals surface area contributed by atoms with Crippen molar-refractivity contribution in [3.8, 4) is 0 Å². The molecule has 0 saturated heterocycles. The van der Waals surface area contributed by atoms with Gasteiger partial charge in [-0.05, 0) is 87.5 Å². The van der Waals surface area contributed by atoms with E-state index in [-0.39, 0.29) is 17.5 Å². The summed E-state index contributed by atoms with van der Waals surface area (Å²) in [7, 11) is 0. The number of nitrogens with one attached hydrogen (secondary N) is 2. The van der Waals surface area contributed by atoms with Crippen LogP contribution in [0.2, 0.25) is 0 Å². The minimum Gasteiger partial charge on any atom is -0.365 e. The number of aryl methyl sites for hydroxylation is 1. The molecule has 3 aliphatic carbocycles. The van der Waals surface area contributed by atoms with Crippen molar-refractivity contribution in [3.63, 3.8) is 0 Å². The number of pyridine rings is 2. The Morgan fingerprint density at radius 2 is 1.89 bits per heavy atom. The number of carbonyl (C=O) groups is 1. The molecule has 2 heterocycles. The zero-order valence-electron chi connectivity index (χ0n) is 16.4. The van der Waals surface area contributed by atoms with Crippen molar-refractivity contribution in [2.45, 2.75) is 57.0 Å². The molecule has 0 spiro atoms. The number of fused-ring (bicyclic) bond motifs is 2. The van der Waals surface area contributed by atoms with E-state index in [2.05, 4.69) is 26.7 Å². The lowest BCUT2D eigenvalue weighted by Crippen LogP contribution is -2.44. The molecule has 0 aliphatic heterocycles. The van der Waals surface area contributed by atoms with Crippen LogP contribution in [0, 0.1) is 24.7 Å². The quantitative estimate of drug-likeness (QED) is 0.847. The predicted molar refractivity (Wildman–Crippen MR) is 109 cm³/mol. The van der Waals surface area contributed by atoms with Gasteiger partial charge in [0.25, 0.3) is 5.91 Å². The van der Waals surface area contributed by atoms with Gasteiger partial charge in [0, 0.05) is 23.5 Å². The maximum absolute atomic E-state index is 12.7. The van der Waals surface area contributed by atoms with E-state index in [0.717, 1.165) is 30.3 Å². The van der Waals surface area contributed by atoms with Crippen molar-refractivity contribution in [3.05, 3.63) is 54.0 Å². The summed E-state index contributed by atoms with van der Waals surface area (Å²) in [5, 5.41) is 7.09. The predicted octanol–water partition coefficient (Wildman–Crippen LogP) is 3.96. The Balaban J connectivity index is 1.29. The number of amides is 1. The van der Waals surface area contributed by atoms with E-state index < -0.39 is 0 Å². The van der Waals surface area contributed by atoms with E-state index in [1.54, 1.807) is 0 Å². The highest BCUT2D eigenvalue weighted by molar-refractivity contribution is 5.92. The lowest BCUT2D eigenvalue weighted by atomic mass is 9.74. The molecular formula is C23H28N4O. The van der Waals surface area contributed by atoms with Gasteiger partial charge in [0.1, 0.15) is 11.5 Å². The molecule has 5 atom stereocenters. The lowest BCUT2D eigenvalue weighted by molar-refractivity contribution is 0.0917. The molecule has 2 aromatic rings. The molecule has 0 aromatic carbocycles. The second-order valence-electron chi connectivity index (χ2n) is 9.16. The highest BCUT2D eigenvalue weighted by atomic mass is 16.1. The second-order valence-corrected chi connectivity index (χ2v) is 9.16. The van der Waals surface area contributed by atoms with Crippen LogP contribution in [-0.4, -0.2) is 27.5 Å². The fourth-order valence-electron chi connectivity index (χ4n) is 6.15. The molecule has 5 nitrogen and oxygen atoms in total. The molecule has 3 aliphatic rings. The Bertz CT molecular complexity index is 866. The van der Waals surface area contributed by atoms with Crippen LogP contribution < -0.4 is 10.6 Å². The van der Waals surface area contributed by atoms with Gasteiger partial charge in [-0.3, -0.25) is 4.79 Å². The molecule has 2 N–H and O–H groups in total. The molecule has 5 unspecified atom stereocenters. The van der Waals surface area contributed by atoms with Crippen LogP contribution in [0.3, 0.4) is 0 Å².